The highest BCUT2D eigenvalue weighted by atomic mass is 31.2. The molecule has 1 saturated heterocycles. The van der Waals surface area contributed by atoms with Gasteiger partial charge in [-0.3, -0.25) is 13.9 Å². The third-order valence-electron chi connectivity index (χ3n) is 11.1. The SMILES string of the molecule is CCCCCCCCCC(CCCCCCCCC)COC(=O)[C@H](Cc1ccccc1)NP(=O)(OC[C@H]1O[C@@H](n2cnc3c(N)nc(F)nc32)C[C@@H]1O)Oc1ccccc1. The van der Waals surface area contributed by atoms with E-state index in [0.717, 1.165) is 31.2 Å². The Morgan fingerprint density at radius 3 is 2.15 bits per heavy atom. The molecule has 4 N–H and O–H groups in total. The minimum Gasteiger partial charge on any atom is -0.464 e. The molecule has 2 aromatic heterocycles. The molecule has 0 spiro atoms. The molecular weight excluding hydrogens is 787 g/mol. The van der Waals surface area contributed by atoms with Crippen LogP contribution in [0.2, 0.25) is 0 Å². The molecule has 1 unspecified atom stereocenters. The number of hydrogen-bond donors (Lipinski definition) is 3. The summed E-state index contributed by atoms with van der Waals surface area (Å²) in [6.45, 7) is 4.36. The van der Waals surface area contributed by atoms with Crippen LogP contribution in [0.4, 0.5) is 10.2 Å². The van der Waals surface area contributed by atoms with E-state index in [1.54, 1.807) is 30.3 Å². The molecule has 60 heavy (non-hydrogen) atoms. The highest BCUT2D eigenvalue weighted by molar-refractivity contribution is 7.52. The van der Waals surface area contributed by atoms with Crippen LogP contribution >= 0.6 is 7.75 Å². The number of nitrogens with zero attached hydrogens (tertiary/aromatic N) is 4. The Morgan fingerprint density at radius 1 is 0.917 bits per heavy atom. The van der Waals surface area contributed by atoms with Gasteiger partial charge >= 0.3 is 19.8 Å². The quantitative estimate of drug-likeness (QED) is 0.0205. The standard InChI is InChI=1S/C45H66FN6O7P/c1-3-5-7-9-11-13-17-25-35(26-18-14-12-10-8-6-4-2)31-56-44(54)37(29-34-23-19-15-20-24-34)51-60(55,59-36-27-21-16-22-28-36)57-32-39-38(53)30-40(58-39)52-33-48-41-42(47)49-45(46)50-43(41)52/h15-16,19-24,27-28,33,35,37-40,53H,3-14,17-18,25-26,29-32H2,1-2H3,(H,51,55)(H2,47,49,50)/t37-,38-,39+,40+,60?/m0/s1. The van der Waals surface area contributed by atoms with E-state index in [1.165, 1.54) is 87.9 Å². The maximum Gasteiger partial charge on any atom is 0.459 e. The number of anilines is 1. The maximum absolute atomic E-state index is 14.8. The van der Waals surface area contributed by atoms with Crippen LogP contribution in [0.5, 0.6) is 5.75 Å². The number of aliphatic hydroxyl groups excluding tert-OH is 1. The van der Waals surface area contributed by atoms with E-state index in [1.807, 2.05) is 30.3 Å². The van der Waals surface area contributed by atoms with Gasteiger partial charge < -0.3 is 24.8 Å². The van der Waals surface area contributed by atoms with Gasteiger partial charge in [0.2, 0.25) is 0 Å². The van der Waals surface area contributed by atoms with Crippen molar-refractivity contribution < 1.29 is 37.4 Å². The normalized spacial score (nSPS) is 18.2. The number of nitrogens with one attached hydrogen (secondary N) is 1. The highest BCUT2D eigenvalue weighted by Crippen LogP contribution is 2.46. The molecule has 3 heterocycles. The van der Waals surface area contributed by atoms with Crippen LogP contribution in [0.25, 0.3) is 11.2 Å². The van der Waals surface area contributed by atoms with Crippen LogP contribution in [-0.2, 0) is 29.8 Å². The summed E-state index contributed by atoms with van der Waals surface area (Å²) in [5, 5.41) is 14.0. The first-order chi connectivity index (χ1) is 29.2. The van der Waals surface area contributed by atoms with Gasteiger partial charge in [-0.05, 0) is 42.9 Å². The predicted molar refractivity (Wildman–Crippen MR) is 232 cm³/mol. The van der Waals surface area contributed by atoms with E-state index in [0.29, 0.717) is 0 Å². The van der Waals surface area contributed by atoms with Gasteiger partial charge in [0.25, 0.3) is 0 Å². The van der Waals surface area contributed by atoms with Gasteiger partial charge in [-0.15, -0.1) is 0 Å². The Morgan fingerprint density at radius 2 is 1.52 bits per heavy atom. The van der Waals surface area contributed by atoms with Gasteiger partial charge in [0.05, 0.1) is 25.6 Å². The minimum atomic E-state index is -4.36. The average molecular weight is 853 g/mol. The van der Waals surface area contributed by atoms with E-state index in [4.69, 9.17) is 24.3 Å². The first-order valence-corrected chi connectivity index (χ1v) is 23.7. The van der Waals surface area contributed by atoms with Crippen LogP contribution in [0, 0.1) is 12.0 Å². The number of fused-ring (bicyclic) bond motifs is 1. The number of carbonyl (C=O) groups is 1. The second-order valence-electron chi connectivity index (χ2n) is 16.0. The minimum absolute atomic E-state index is 0.0735. The summed E-state index contributed by atoms with van der Waals surface area (Å²) in [6, 6.07) is 16.9. The second kappa shape index (κ2) is 25.1. The Hall–Kier alpha value is -3.94. The highest BCUT2D eigenvalue weighted by Gasteiger charge is 2.41. The van der Waals surface area contributed by atoms with Crippen molar-refractivity contribution in [1.82, 2.24) is 24.6 Å². The molecule has 4 aromatic rings. The number of esters is 1. The van der Waals surface area contributed by atoms with Gasteiger partial charge in [-0.2, -0.15) is 19.4 Å². The molecule has 0 amide bonds. The van der Waals surface area contributed by atoms with Crippen molar-refractivity contribution >= 4 is 30.7 Å². The number of hydrogen-bond acceptors (Lipinski definition) is 11. The number of aromatic nitrogens is 4. The van der Waals surface area contributed by atoms with Crippen molar-refractivity contribution in [1.29, 1.82) is 0 Å². The summed E-state index contributed by atoms with van der Waals surface area (Å²) in [5.74, 6) is -0.205. The van der Waals surface area contributed by atoms with E-state index in [-0.39, 0.29) is 54.7 Å². The number of imidazole rings is 1. The van der Waals surface area contributed by atoms with Crippen LogP contribution < -0.4 is 15.3 Å². The van der Waals surface area contributed by atoms with Crippen molar-refractivity contribution in [2.24, 2.45) is 5.92 Å². The van der Waals surface area contributed by atoms with E-state index in [9.17, 15) is 18.9 Å². The molecule has 0 aliphatic carbocycles. The van der Waals surface area contributed by atoms with Gasteiger partial charge in [0, 0.05) is 6.42 Å². The summed E-state index contributed by atoms with van der Waals surface area (Å²) >= 11 is 0. The molecule has 1 aliphatic heterocycles. The number of carbonyl (C=O) groups excluding carboxylic acids is 1. The third kappa shape index (κ3) is 15.2. The summed E-state index contributed by atoms with van der Waals surface area (Å²) in [5.41, 5.74) is 6.97. The molecule has 13 nitrogen and oxygen atoms in total. The van der Waals surface area contributed by atoms with Gasteiger partial charge in [-0.1, -0.05) is 152 Å². The summed E-state index contributed by atoms with van der Waals surface area (Å²) in [6.07, 6.45) is 16.7. The van der Waals surface area contributed by atoms with Crippen molar-refractivity contribution in [3.63, 3.8) is 0 Å². The van der Waals surface area contributed by atoms with E-state index in [2.05, 4.69) is 33.9 Å². The average Bonchev–Trinajstić information content (AvgIpc) is 3.84. The molecule has 0 radical (unpaired) electrons. The number of benzene rings is 2. The lowest BCUT2D eigenvalue weighted by Crippen LogP contribution is -2.40. The number of unbranched alkanes of at least 4 members (excludes halogenated alkanes) is 12. The number of rotatable bonds is 29. The molecule has 1 aliphatic rings. The van der Waals surface area contributed by atoms with Crippen LogP contribution in [0.15, 0.2) is 67.0 Å². The van der Waals surface area contributed by atoms with Crippen molar-refractivity contribution in [2.75, 3.05) is 18.9 Å². The molecule has 0 bridgehead atoms. The number of aliphatic hydroxyl groups is 1. The zero-order chi connectivity index (χ0) is 42.6. The molecule has 15 heteroatoms. The second-order valence-corrected chi connectivity index (χ2v) is 17.7. The summed E-state index contributed by atoms with van der Waals surface area (Å²) in [7, 11) is -4.36. The lowest BCUT2D eigenvalue weighted by Gasteiger charge is -2.27. The Bertz CT molecular complexity index is 1870. The van der Waals surface area contributed by atoms with Crippen LogP contribution in [0.1, 0.15) is 135 Å². The number of para-hydroxylation sites is 1. The summed E-state index contributed by atoms with van der Waals surface area (Å²) < 4.78 is 54.6. The predicted octanol–water partition coefficient (Wildman–Crippen LogP) is 10.0. The van der Waals surface area contributed by atoms with Gasteiger partial charge in [0.1, 0.15) is 24.1 Å². The molecule has 0 saturated carbocycles. The Balaban J connectivity index is 1.27. The topological polar surface area (TPSA) is 173 Å². The number of ether oxygens (including phenoxy) is 2. The molecule has 5 atom stereocenters. The molecule has 330 valence electrons. The fourth-order valence-corrected chi connectivity index (χ4v) is 9.15. The number of nitrogens with two attached hydrogens (primary N) is 1. The molecule has 1 fully saturated rings. The van der Waals surface area contributed by atoms with E-state index >= 15 is 0 Å². The van der Waals surface area contributed by atoms with Crippen LogP contribution in [0.3, 0.4) is 0 Å². The van der Waals surface area contributed by atoms with Crippen molar-refractivity contribution in [3.8, 4) is 5.75 Å². The fraction of sp³-hybridized carbons (Fsp3) is 0.600. The first kappa shape index (κ1) is 47.1. The van der Waals surface area contributed by atoms with E-state index < -0.39 is 44.3 Å². The Kier molecular flexibility index (Phi) is 19.7. The fourth-order valence-electron chi connectivity index (χ4n) is 7.65. The largest absolute Gasteiger partial charge is 0.464 e. The zero-order valence-corrected chi connectivity index (χ0v) is 36.4. The molecule has 2 aromatic carbocycles. The summed E-state index contributed by atoms with van der Waals surface area (Å²) in [4.78, 5) is 25.7. The van der Waals surface area contributed by atoms with Crippen molar-refractivity contribution in [3.05, 3.63) is 78.6 Å². The molecule has 5 rings (SSSR count). The maximum atomic E-state index is 14.8. The lowest BCUT2D eigenvalue weighted by molar-refractivity contribution is -0.147. The van der Waals surface area contributed by atoms with Crippen LogP contribution in [-0.4, -0.2) is 62.1 Å². The number of nitrogen functional groups attached to an aromatic ring is 1. The molecular formula is C45H66FN6O7P. The van der Waals surface area contributed by atoms with Crippen molar-refractivity contribution in [2.45, 2.75) is 154 Å². The number of halogens is 1. The Labute approximate surface area is 355 Å². The zero-order valence-electron chi connectivity index (χ0n) is 35.5. The lowest BCUT2D eigenvalue weighted by atomic mass is 9.94. The smallest absolute Gasteiger partial charge is 0.459 e. The first-order valence-electron chi connectivity index (χ1n) is 22.1. The van der Waals surface area contributed by atoms with Gasteiger partial charge in [0.15, 0.2) is 17.0 Å². The third-order valence-corrected chi connectivity index (χ3v) is 12.7. The van der Waals surface area contributed by atoms with Gasteiger partial charge in [-0.25, -0.2) is 9.55 Å². The monoisotopic (exact) mass is 852 g/mol.